The topological polar surface area (TPSA) is 94.0 Å². The maximum Gasteiger partial charge on any atom is 0.337 e. The van der Waals surface area contributed by atoms with Gasteiger partial charge in [-0.2, -0.15) is 5.26 Å². The Labute approximate surface area is 127 Å². The van der Waals surface area contributed by atoms with Crippen molar-refractivity contribution in [3.05, 3.63) is 59.7 Å². The molecule has 2 aromatic rings. The zero-order valence-corrected chi connectivity index (χ0v) is 11.9. The molecule has 0 bridgehead atoms. The zero-order chi connectivity index (χ0) is 15.9. The van der Waals surface area contributed by atoms with Crippen LogP contribution in [-0.4, -0.2) is 11.8 Å². The Hall–Kier alpha value is -3.33. The van der Waals surface area contributed by atoms with Gasteiger partial charge in [-0.05, 0) is 37.3 Å². The number of amides is 2. The van der Waals surface area contributed by atoms with Gasteiger partial charge in [-0.25, -0.2) is 4.79 Å². The number of hydrogen-bond acceptors (Lipinski definition) is 4. The van der Waals surface area contributed by atoms with Crippen LogP contribution in [0.2, 0.25) is 0 Å². The van der Waals surface area contributed by atoms with E-state index < -0.39 is 6.03 Å². The summed E-state index contributed by atoms with van der Waals surface area (Å²) in [6, 6.07) is 14.9. The van der Waals surface area contributed by atoms with Crippen LogP contribution >= 0.6 is 0 Å². The van der Waals surface area contributed by atoms with Gasteiger partial charge in [0.05, 0.1) is 17.3 Å². The van der Waals surface area contributed by atoms with Crippen molar-refractivity contribution in [2.45, 2.75) is 6.92 Å². The standard InChI is InChI=1S/C16H14N4O2/c1-11(21)13-5-3-6-14(9-13)18-16(22)20-19-15-7-2-4-12(8-15)10-17/h2-9,19H,1H3,(H2,18,20,22). The summed E-state index contributed by atoms with van der Waals surface area (Å²) in [5.74, 6) is -0.0736. The fraction of sp³-hybridized carbons (Fsp3) is 0.0625. The van der Waals surface area contributed by atoms with Crippen molar-refractivity contribution in [2.24, 2.45) is 0 Å². The summed E-state index contributed by atoms with van der Waals surface area (Å²) < 4.78 is 0. The third-order valence-electron chi connectivity index (χ3n) is 2.84. The van der Waals surface area contributed by atoms with Crippen LogP contribution in [0.15, 0.2) is 48.5 Å². The van der Waals surface area contributed by atoms with Crippen molar-refractivity contribution in [3.63, 3.8) is 0 Å². The number of nitrogens with zero attached hydrogens (tertiary/aromatic N) is 1. The van der Waals surface area contributed by atoms with Gasteiger partial charge in [0.2, 0.25) is 0 Å². The number of nitrogens with one attached hydrogen (secondary N) is 3. The molecule has 3 N–H and O–H groups in total. The molecule has 0 heterocycles. The van der Waals surface area contributed by atoms with E-state index in [1.165, 1.54) is 6.92 Å². The molecule has 22 heavy (non-hydrogen) atoms. The number of hydrazine groups is 1. The van der Waals surface area contributed by atoms with Crippen molar-refractivity contribution in [1.82, 2.24) is 5.43 Å². The summed E-state index contributed by atoms with van der Waals surface area (Å²) in [7, 11) is 0. The molecule has 0 aliphatic carbocycles. The number of hydrogen-bond donors (Lipinski definition) is 3. The predicted octanol–water partition coefficient (Wildman–Crippen LogP) is 2.91. The Morgan fingerprint density at radius 2 is 1.77 bits per heavy atom. The first-order valence-electron chi connectivity index (χ1n) is 6.52. The van der Waals surface area contributed by atoms with Gasteiger partial charge in [0.25, 0.3) is 0 Å². The van der Waals surface area contributed by atoms with Crippen LogP contribution in [0.1, 0.15) is 22.8 Å². The number of benzene rings is 2. The first-order chi connectivity index (χ1) is 10.6. The molecule has 110 valence electrons. The molecular formula is C16H14N4O2. The fourth-order valence-electron chi connectivity index (χ4n) is 1.77. The lowest BCUT2D eigenvalue weighted by atomic mass is 10.1. The highest BCUT2D eigenvalue weighted by molar-refractivity contribution is 5.96. The monoisotopic (exact) mass is 294 g/mol. The van der Waals surface area contributed by atoms with Gasteiger partial charge >= 0.3 is 6.03 Å². The van der Waals surface area contributed by atoms with E-state index in [-0.39, 0.29) is 5.78 Å². The highest BCUT2D eigenvalue weighted by Crippen LogP contribution is 2.11. The number of urea groups is 1. The minimum atomic E-state index is -0.483. The SMILES string of the molecule is CC(=O)c1cccc(NC(=O)NNc2cccc(C#N)c2)c1. The molecule has 6 heteroatoms. The van der Waals surface area contributed by atoms with E-state index in [4.69, 9.17) is 5.26 Å². The second kappa shape index (κ2) is 6.90. The van der Waals surface area contributed by atoms with Crippen molar-refractivity contribution in [3.8, 4) is 6.07 Å². The lowest BCUT2D eigenvalue weighted by molar-refractivity contribution is 0.101. The number of anilines is 2. The molecule has 0 atom stereocenters. The molecule has 2 aromatic carbocycles. The Bertz CT molecular complexity index is 750. The van der Waals surface area contributed by atoms with Crippen molar-refractivity contribution in [1.29, 1.82) is 5.26 Å². The number of rotatable bonds is 4. The van der Waals surface area contributed by atoms with Crippen LogP contribution in [0.4, 0.5) is 16.2 Å². The smallest absolute Gasteiger partial charge is 0.307 e. The third-order valence-corrected chi connectivity index (χ3v) is 2.84. The molecule has 0 saturated carbocycles. The minimum absolute atomic E-state index is 0.0736. The molecule has 2 rings (SSSR count). The summed E-state index contributed by atoms with van der Waals surface area (Å²) in [6.07, 6.45) is 0. The summed E-state index contributed by atoms with van der Waals surface area (Å²) in [4.78, 5) is 23.1. The number of carbonyl (C=O) groups excluding carboxylic acids is 2. The lowest BCUT2D eigenvalue weighted by Gasteiger charge is -2.10. The van der Waals surface area contributed by atoms with E-state index in [0.29, 0.717) is 22.5 Å². The van der Waals surface area contributed by atoms with E-state index in [0.717, 1.165) is 0 Å². The van der Waals surface area contributed by atoms with E-state index in [9.17, 15) is 9.59 Å². The predicted molar refractivity (Wildman–Crippen MR) is 83.4 cm³/mol. The van der Waals surface area contributed by atoms with Crippen molar-refractivity contribution in [2.75, 3.05) is 10.7 Å². The van der Waals surface area contributed by atoms with E-state index in [1.807, 2.05) is 6.07 Å². The molecule has 0 radical (unpaired) electrons. The van der Waals surface area contributed by atoms with E-state index in [1.54, 1.807) is 48.5 Å². The van der Waals surface area contributed by atoms with Crippen molar-refractivity contribution >= 4 is 23.2 Å². The van der Waals surface area contributed by atoms with Crippen LogP contribution in [0.5, 0.6) is 0 Å². The van der Waals surface area contributed by atoms with Crippen LogP contribution < -0.4 is 16.2 Å². The maximum atomic E-state index is 11.8. The summed E-state index contributed by atoms with van der Waals surface area (Å²) in [6.45, 7) is 1.46. The van der Waals surface area contributed by atoms with Gasteiger partial charge in [0.15, 0.2) is 5.78 Å². The summed E-state index contributed by atoms with van der Waals surface area (Å²) in [5, 5.41) is 11.4. The first kappa shape index (κ1) is 15.1. The van der Waals surface area contributed by atoms with Crippen LogP contribution in [-0.2, 0) is 0 Å². The Kier molecular flexibility index (Phi) is 4.73. The average molecular weight is 294 g/mol. The van der Waals surface area contributed by atoms with Crippen LogP contribution in [0.25, 0.3) is 0 Å². The van der Waals surface area contributed by atoms with Crippen LogP contribution in [0.3, 0.4) is 0 Å². The molecule has 0 fully saturated rings. The van der Waals surface area contributed by atoms with Gasteiger partial charge in [0, 0.05) is 11.3 Å². The van der Waals surface area contributed by atoms with Gasteiger partial charge in [-0.15, -0.1) is 0 Å². The minimum Gasteiger partial charge on any atom is -0.307 e. The van der Waals surface area contributed by atoms with Gasteiger partial charge in [0.1, 0.15) is 0 Å². The zero-order valence-electron chi connectivity index (χ0n) is 11.9. The van der Waals surface area contributed by atoms with Crippen molar-refractivity contribution < 1.29 is 9.59 Å². The highest BCUT2D eigenvalue weighted by atomic mass is 16.2. The first-order valence-corrected chi connectivity index (χ1v) is 6.52. The normalized spacial score (nSPS) is 9.45. The average Bonchev–Trinajstić information content (AvgIpc) is 2.53. The molecule has 0 spiro atoms. The quantitative estimate of drug-likeness (QED) is 0.597. The summed E-state index contributed by atoms with van der Waals surface area (Å²) in [5.41, 5.74) is 7.26. The largest absolute Gasteiger partial charge is 0.337 e. The molecule has 0 saturated heterocycles. The van der Waals surface area contributed by atoms with E-state index >= 15 is 0 Å². The second-order valence-corrected chi connectivity index (χ2v) is 4.53. The number of Topliss-reactive ketones (excluding diaryl/α,β-unsaturated/α-hetero) is 1. The molecular weight excluding hydrogens is 280 g/mol. The van der Waals surface area contributed by atoms with Gasteiger partial charge in [-0.1, -0.05) is 18.2 Å². The van der Waals surface area contributed by atoms with Gasteiger partial charge < -0.3 is 5.32 Å². The number of carbonyl (C=O) groups is 2. The molecule has 0 aliphatic heterocycles. The van der Waals surface area contributed by atoms with E-state index in [2.05, 4.69) is 16.2 Å². The second-order valence-electron chi connectivity index (χ2n) is 4.53. The Morgan fingerprint density at radius 3 is 2.50 bits per heavy atom. The number of nitriles is 1. The lowest BCUT2D eigenvalue weighted by Crippen LogP contribution is -2.33. The third kappa shape index (κ3) is 4.08. The Morgan fingerprint density at radius 1 is 1.05 bits per heavy atom. The fourth-order valence-corrected chi connectivity index (χ4v) is 1.77. The molecule has 0 aromatic heterocycles. The van der Waals surface area contributed by atoms with Gasteiger partial charge in [-0.3, -0.25) is 15.6 Å². The molecule has 6 nitrogen and oxygen atoms in total. The number of ketones is 1. The molecule has 2 amide bonds. The highest BCUT2D eigenvalue weighted by Gasteiger charge is 2.04. The summed E-state index contributed by atoms with van der Waals surface area (Å²) >= 11 is 0. The molecule has 0 unspecified atom stereocenters. The Balaban J connectivity index is 1.94. The maximum absolute atomic E-state index is 11.8. The van der Waals surface area contributed by atoms with Crippen LogP contribution in [0, 0.1) is 11.3 Å². The molecule has 0 aliphatic rings.